The van der Waals surface area contributed by atoms with Gasteiger partial charge in [0, 0.05) is 16.7 Å². The molecule has 6 heteroatoms. The van der Waals surface area contributed by atoms with Gasteiger partial charge in [-0.15, -0.1) is 0 Å². The number of aliphatic hydroxyl groups excluding tert-OH is 1. The quantitative estimate of drug-likeness (QED) is 0.381. The fourth-order valence-corrected chi connectivity index (χ4v) is 2.07. The molecule has 2 aromatic carbocycles. The highest BCUT2D eigenvalue weighted by molar-refractivity contribution is 5.97. The van der Waals surface area contributed by atoms with Crippen LogP contribution in [0, 0.1) is 11.8 Å². The molecule has 0 heterocycles. The van der Waals surface area contributed by atoms with Crippen LogP contribution in [-0.2, 0) is 4.79 Å². The molecule has 6 nitrogen and oxygen atoms in total. The van der Waals surface area contributed by atoms with E-state index in [0.29, 0.717) is 5.56 Å². The Morgan fingerprint density at radius 1 is 0.960 bits per heavy atom. The molecule has 2 atom stereocenters. The molecule has 0 aliphatic heterocycles. The van der Waals surface area contributed by atoms with E-state index in [-0.39, 0.29) is 0 Å². The summed E-state index contributed by atoms with van der Waals surface area (Å²) < 4.78 is 0. The second-order valence-corrected chi connectivity index (χ2v) is 5.36. The summed E-state index contributed by atoms with van der Waals surface area (Å²) in [4.78, 5) is 23.6. The number of benzene rings is 2. The molecule has 0 aliphatic rings. The average molecular weight is 338 g/mol. The summed E-state index contributed by atoms with van der Waals surface area (Å²) in [7, 11) is 0. The van der Waals surface area contributed by atoms with Crippen LogP contribution in [0.3, 0.4) is 0 Å². The zero-order valence-electron chi connectivity index (χ0n) is 13.6. The van der Waals surface area contributed by atoms with Gasteiger partial charge in [0.15, 0.2) is 0 Å². The van der Waals surface area contributed by atoms with E-state index < -0.39 is 24.0 Å². The smallest absolute Gasteiger partial charge is 0.268 e. The van der Waals surface area contributed by atoms with Crippen molar-refractivity contribution in [2.75, 3.05) is 0 Å². The summed E-state index contributed by atoms with van der Waals surface area (Å²) >= 11 is 0. The topological polar surface area (TPSA) is 98.7 Å². The second-order valence-electron chi connectivity index (χ2n) is 5.36. The number of hydrogen-bond donors (Lipinski definition) is 4. The van der Waals surface area contributed by atoms with E-state index in [1.807, 2.05) is 30.3 Å². The molecule has 2 aromatic rings. The Hall–Kier alpha value is -3.14. The molecule has 0 spiro atoms. The molecule has 0 radical (unpaired) electrons. The van der Waals surface area contributed by atoms with Crippen LogP contribution >= 0.6 is 0 Å². The zero-order chi connectivity index (χ0) is 18.2. The molecule has 0 saturated carbocycles. The van der Waals surface area contributed by atoms with Gasteiger partial charge in [-0.05, 0) is 43.3 Å². The number of amides is 2. The first-order valence-corrected chi connectivity index (χ1v) is 7.61. The maximum Gasteiger partial charge on any atom is 0.268 e. The predicted octanol–water partition coefficient (Wildman–Crippen LogP) is 1.07. The van der Waals surface area contributed by atoms with Crippen LogP contribution in [0.4, 0.5) is 0 Å². The molecule has 0 unspecified atom stereocenters. The lowest BCUT2D eigenvalue weighted by molar-refractivity contribution is -0.133. The highest BCUT2D eigenvalue weighted by Crippen LogP contribution is 2.05. The lowest BCUT2D eigenvalue weighted by Crippen LogP contribution is -2.51. The van der Waals surface area contributed by atoms with Gasteiger partial charge in [0.05, 0.1) is 6.10 Å². The van der Waals surface area contributed by atoms with E-state index in [1.54, 1.807) is 24.3 Å². The maximum atomic E-state index is 12.2. The SMILES string of the molecule is C[C@H](O)[C@H](NC(=O)c1ccc(C#Cc2ccccc2)cc1)C(=O)NO. The Balaban J connectivity index is 2.07. The number of hydroxylamine groups is 1. The fraction of sp³-hybridized carbons (Fsp3) is 0.158. The Morgan fingerprint density at radius 2 is 1.52 bits per heavy atom. The Kier molecular flexibility index (Phi) is 6.29. The number of carbonyl (C=O) groups is 2. The zero-order valence-corrected chi connectivity index (χ0v) is 13.6. The lowest BCUT2D eigenvalue weighted by Gasteiger charge is -2.19. The summed E-state index contributed by atoms with van der Waals surface area (Å²) in [6.07, 6.45) is -1.16. The van der Waals surface area contributed by atoms with Crippen LogP contribution in [0.15, 0.2) is 54.6 Å². The minimum atomic E-state index is -1.25. The van der Waals surface area contributed by atoms with Crippen molar-refractivity contribution >= 4 is 11.8 Å². The largest absolute Gasteiger partial charge is 0.391 e. The number of aliphatic hydroxyl groups is 1. The van der Waals surface area contributed by atoms with E-state index >= 15 is 0 Å². The third-order valence-corrected chi connectivity index (χ3v) is 3.43. The van der Waals surface area contributed by atoms with Gasteiger partial charge in [0.2, 0.25) is 0 Å². The van der Waals surface area contributed by atoms with Crippen LogP contribution in [0.5, 0.6) is 0 Å². The summed E-state index contributed by atoms with van der Waals surface area (Å²) in [6, 6.07) is 14.8. The lowest BCUT2D eigenvalue weighted by atomic mass is 10.1. The van der Waals surface area contributed by atoms with E-state index in [2.05, 4.69) is 17.2 Å². The van der Waals surface area contributed by atoms with Crippen LogP contribution in [0.1, 0.15) is 28.4 Å². The molecular weight excluding hydrogens is 320 g/mol. The van der Waals surface area contributed by atoms with Gasteiger partial charge in [-0.25, -0.2) is 5.48 Å². The van der Waals surface area contributed by atoms with Gasteiger partial charge in [0.1, 0.15) is 6.04 Å². The van der Waals surface area contributed by atoms with E-state index in [0.717, 1.165) is 11.1 Å². The normalized spacial score (nSPS) is 12.3. The van der Waals surface area contributed by atoms with E-state index in [1.165, 1.54) is 12.4 Å². The molecular formula is C19H18N2O4. The van der Waals surface area contributed by atoms with Gasteiger partial charge in [-0.2, -0.15) is 0 Å². The minimum absolute atomic E-state index is 0.307. The van der Waals surface area contributed by atoms with Gasteiger partial charge in [-0.3, -0.25) is 14.8 Å². The molecule has 0 fully saturated rings. The van der Waals surface area contributed by atoms with Crippen molar-refractivity contribution in [3.05, 3.63) is 71.3 Å². The highest BCUT2D eigenvalue weighted by Gasteiger charge is 2.25. The van der Waals surface area contributed by atoms with Crippen LogP contribution in [-0.4, -0.2) is 34.3 Å². The predicted molar refractivity (Wildman–Crippen MR) is 91.7 cm³/mol. The Labute approximate surface area is 145 Å². The van der Waals surface area contributed by atoms with Gasteiger partial charge < -0.3 is 10.4 Å². The highest BCUT2D eigenvalue weighted by atomic mass is 16.5. The molecule has 2 amide bonds. The minimum Gasteiger partial charge on any atom is -0.391 e. The maximum absolute atomic E-state index is 12.2. The number of rotatable bonds is 4. The van der Waals surface area contributed by atoms with Crippen LogP contribution < -0.4 is 10.8 Å². The molecule has 0 aliphatic carbocycles. The number of carbonyl (C=O) groups excluding carboxylic acids is 2. The van der Waals surface area contributed by atoms with Gasteiger partial charge in [-0.1, -0.05) is 30.0 Å². The molecule has 2 rings (SSSR count). The van der Waals surface area contributed by atoms with Crippen LogP contribution in [0.2, 0.25) is 0 Å². The first-order chi connectivity index (χ1) is 12.0. The standard InChI is InChI=1S/C19H18N2O4/c1-13(22)17(19(24)21-25)20-18(23)16-11-9-15(10-12-16)8-7-14-5-3-2-4-6-14/h2-6,9-13,17,22,25H,1H3,(H,20,23)(H,21,24)/t13-,17-/m0/s1. The molecule has 25 heavy (non-hydrogen) atoms. The summed E-state index contributed by atoms with van der Waals surface area (Å²) in [6.45, 7) is 1.34. The van der Waals surface area contributed by atoms with Crippen LogP contribution in [0.25, 0.3) is 0 Å². The molecule has 128 valence electrons. The van der Waals surface area contributed by atoms with Crippen molar-refractivity contribution in [2.24, 2.45) is 0 Å². The second kappa shape index (κ2) is 8.64. The monoisotopic (exact) mass is 338 g/mol. The number of nitrogens with one attached hydrogen (secondary N) is 2. The molecule has 0 bridgehead atoms. The third kappa shape index (κ3) is 5.18. The molecule has 0 aromatic heterocycles. The third-order valence-electron chi connectivity index (χ3n) is 3.43. The van der Waals surface area contributed by atoms with Crippen molar-refractivity contribution in [2.45, 2.75) is 19.1 Å². The fourth-order valence-electron chi connectivity index (χ4n) is 2.07. The van der Waals surface area contributed by atoms with Crippen molar-refractivity contribution in [3.63, 3.8) is 0 Å². The molecule has 4 N–H and O–H groups in total. The van der Waals surface area contributed by atoms with Gasteiger partial charge in [0.25, 0.3) is 11.8 Å². The summed E-state index contributed by atoms with van der Waals surface area (Å²) in [5, 5.41) is 20.5. The van der Waals surface area contributed by atoms with Crippen molar-refractivity contribution in [3.8, 4) is 11.8 Å². The van der Waals surface area contributed by atoms with E-state index in [9.17, 15) is 14.7 Å². The summed E-state index contributed by atoms with van der Waals surface area (Å²) in [5.74, 6) is 4.57. The van der Waals surface area contributed by atoms with Crippen molar-refractivity contribution < 1.29 is 19.9 Å². The van der Waals surface area contributed by atoms with Crippen molar-refractivity contribution in [1.82, 2.24) is 10.8 Å². The summed E-state index contributed by atoms with van der Waals surface area (Å²) in [5.41, 5.74) is 3.34. The van der Waals surface area contributed by atoms with E-state index in [4.69, 9.17) is 5.21 Å². The first-order valence-electron chi connectivity index (χ1n) is 7.61. The Morgan fingerprint density at radius 3 is 2.04 bits per heavy atom. The average Bonchev–Trinajstić information content (AvgIpc) is 2.64. The molecule has 0 saturated heterocycles. The van der Waals surface area contributed by atoms with Crippen molar-refractivity contribution in [1.29, 1.82) is 0 Å². The Bertz CT molecular complexity index is 790. The first kappa shape index (κ1) is 18.2. The van der Waals surface area contributed by atoms with Gasteiger partial charge >= 0.3 is 0 Å². The number of hydrogen-bond acceptors (Lipinski definition) is 4.